The predicted octanol–water partition coefficient (Wildman–Crippen LogP) is 4.26. The van der Waals surface area contributed by atoms with Crippen LogP contribution in [0.2, 0.25) is 0 Å². The van der Waals surface area contributed by atoms with Crippen LogP contribution in [0.5, 0.6) is 11.5 Å². The number of anilines is 1. The third-order valence-corrected chi connectivity index (χ3v) is 3.13. The Morgan fingerprint density at radius 2 is 1.68 bits per heavy atom. The van der Waals surface area contributed by atoms with Crippen molar-refractivity contribution in [2.45, 2.75) is 12.7 Å². The number of benzene rings is 2. The third kappa shape index (κ3) is 3.92. The van der Waals surface area contributed by atoms with Crippen molar-refractivity contribution >= 4 is 5.69 Å². The summed E-state index contributed by atoms with van der Waals surface area (Å²) in [6.07, 6.45) is -4.34. The van der Waals surface area contributed by atoms with E-state index in [1.807, 2.05) is 26.2 Å². The maximum atomic E-state index is 12.5. The number of ether oxygens (including phenoxy) is 1. The molecule has 118 valence electrons. The Kier molecular flexibility index (Phi) is 4.92. The molecule has 0 radical (unpaired) electrons. The van der Waals surface area contributed by atoms with Gasteiger partial charge in [0.25, 0.3) is 0 Å². The highest BCUT2D eigenvalue weighted by molar-refractivity contribution is 5.51. The molecule has 0 saturated carbocycles. The summed E-state index contributed by atoms with van der Waals surface area (Å²) in [5.41, 5.74) is 1.15. The van der Waals surface area contributed by atoms with E-state index in [0.717, 1.165) is 23.4 Å². The summed E-state index contributed by atoms with van der Waals surface area (Å²) in [4.78, 5) is 0. The smallest absolute Gasteiger partial charge is 0.416 e. The molecule has 0 spiro atoms. The molecule has 0 atom stereocenters. The molecular weight excluding hydrogens is 293 g/mol. The Hall–Kier alpha value is -2.21. The molecule has 2 aromatic rings. The van der Waals surface area contributed by atoms with Gasteiger partial charge in [0, 0.05) is 24.8 Å². The number of alkyl halides is 3. The van der Waals surface area contributed by atoms with Gasteiger partial charge < -0.3 is 15.4 Å². The summed E-state index contributed by atoms with van der Waals surface area (Å²) >= 11 is 0. The van der Waals surface area contributed by atoms with Crippen LogP contribution >= 0.6 is 0 Å². The molecule has 0 saturated heterocycles. The molecule has 0 aromatic heterocycles. The van der Waals surface area contributed by atoms with Crippen LogP contribution in [-0.2, 0) is 12.7 Å². The van der Waals surface area contributed by atoms with Crippen molar-refractivity contribution in [3.05, 3.63) is 53.6 Å². The Bertz CT molecular complexity index is 624. The van der Waals surface area contributed by atoms with E-state index in [-0.39, 0.29) is 0 Å². The highest BCUT2D eigenvalue weighted by atomic mass is 19.4. The van der Waals surface area contributed by atoms with Crippen molar-refractivity contribution in [3.63, 3.8) is 0 Å². The summed E-state index contributed by atoms with van der Waals surface area (Å²) < 4.78 is 43.3. The van der Waals surface area contributed by atoms with E-state index in [1.54, 1.807) is 6.07 Å². The molecule has 0 fully saturated rings. The van der Waals surface area contributed by atoms with E-state index in [1.165, 1.54) is 12.1 Å². The lowest BCUT2D eigenvalue weighted by atomic mass is 10.1. The Morgan fingerprint density at radius 3 is 2.23 bits per heavy atom. The number of nitrogens with one attached hydrogen (secondary N) is 2. The molecule has 0 aliphatic carbocycles. The number of rotatable bonds is 5. The molecule has 0 heterocycles. The standard InChI is InChI=1S/C16H17F3N2O/c1-20-10-11-9-13(21-2)5-8-15(11)22-14-6-3-12(4-7-14)16(17,18)19/h3-9,20-21H,10H2,1-2H3. The molecule has 22 heavy (non-hydrogen) atoms. The van der Waals surface area contributed by atoms with Crippen molar-refractivity contribution in [1.82, 2.24) is 5.32 Å². The van der Waals surface area contributed by atoms with Crippen LogP contribution in [0.25, 0.3) is 0 Å². The van der Waals surface area contributed by atoms with Gasteiger partial charge in [-0.2, -0.15) is 13.2 Å². The zero-order chi connectivity index (χ0) is 16.2. The lowest BCUT2D eigenvalue weighted by molar-refractivity contribution is -0.137. The average Bonchev–Trinajstić information content (AvgIpc) is 2.49. The molecule has 0 amide bonds. The van der Waals surface area contributed by atoms with Crippen molar-refractivity contribution < 1.29 is 17.9 Å². The number of hydrogen-bond acceptors (Lipinski definition) is 3. The molecular formula is C16H17F3N2O. The Morgan fingerprint density at radius 1 is 1.00 bits per heavy atom. The fourth-order valence-corrected chi connectivity index (χ4v) is 2.00. The monoisotopic (exact) mass is 310 g/mol. The molecule has 0 bridgehead atoms. The van der Waals surface area contributed by atoms with Gasteiger partial charge in [-0.1, -0.05) is 0 Å². The van der Waals surface area contributed by atoms with Crippen molar-refractivity contribution in [2.75, 3.05) is 19.4 Å². The first-order valence-corrected chi connectivity index (χ1v) is 6.74. The second-order valence-electron chi connectivity index (χ2n) is 4.73. The van der Waals surface area contributed by atoms with E-state index < -0.39 is 11.7 Å². The second kappa shape index (κ2) is 6.70. The molecule has 0 aliphatic heterocycles. The normalized spacial score (nSPS) is 11.3. The van der Waals surface area contributed by atoms with Gasteiger partial charge in [-0.3, -0.25) is 0 Å². The van der Waals surface area contributed by atoms with E-state index in [0.29, 0.717) is 18.0 Å². The fourth-order valence-electron chi connectivity index (χ4n) is 2.00. The topological polar surface area (TPSA) is 33.3 Å². The zero-order valence-corrected chi connectivity index (χ0v) is 12.3. The first-order chi connectivity index (χ1) is 10.4. The third-order valence-electron chi connectivity index (χ3n) is 3.13. The first-order valence-electron chi connectivity index (χ1n) is 6.74. The maximum Gasteiger partial charge on any atom is 0.416 e. The fraction of sp³-hybridized carbons (Fsp3) is 0.250. The average molecular weight is 310 g/mol. The van der Waals surface area contributed by atoms with Crippen molar-refractivity contribution in [3.8, 4) is 11.5 Å². The van der Waals surface area contributed by atoms with Gasteiger partial charge in [-0.05, 0) is 49.5 Å². The van der Waals surface area contributed by atoms with E-state index in [2.05, 4.69) is 10.6 Å². The summed E-state index contributed by atoms with van der Waals surface area (Å²) in [5, 5.41) is 6.07. The maximum absolute atomic E-state index is 12.5. The molecule has 2 N–H and O–H groups in total. The van der Waals surface area contributed by atoms with Crippen LogP contribution in [0.3, 0.4) is 0 Å². The molecule has 2 aromatic carbocycles. The Balaban J connectivity index is 2.23. The van der Waals surface area contributed by atoms with Crippen LogP contribution in [0.1, 0.15) is 11.1 Å². The summed E-state index contributed by atoms with van der Waals surface area (Å²) in [7, 11) is 3.63. The van der Waals surface area contributed by atoms with Gasteiger partial charge in [0.2, 0.25) is 0 Å². The van der Waals surface area contributed by atoms with Gasteiger partial charge in [0.1, 0.15) is 11.5 Å². The lowest BCUT2D eigenvalue weighted by Crippen LogP contribution is -2.07. The SMILES string of the molecule is CNCc1cc(NC)ccc1Oc1ccc(C(F)(F)F)cc1. The minimum Gasteiger partial charge on any atom is -0.457 e. The minimum atomic E-state index is -4.34. The highest BCUT2D eigenvalue weighted by Crippen LogP contribution is 2.32. The highest BCUT2D eigenvalue weighted by Gasteiger charge is 2.30. The van der Waals surface area contributed by atoms with Crippen LogP contribution < -0.4 is 15.4 Å². The van der Waals surface area contributed by atoms with E-state index in [9.17, 15) is 13.2 Å². The Labute approximate surface area is 127 Å². The zero-order valence-electron chi connectivity index (χ0n) is 12.3. The first kappa shape index (κ1) is 16.2. The van der Waals surface area contributed by atoms with E-state index in [4.69, 9.17) is 4.74 Å². The molecule has 3 nitrogen and oxygen atoms in total. The summed E-state index contributed by atoms with van der Waals surface area (Å²) in [6, 6.07) is 10.2. The number of halogens is 3. The van der Waals surface area contributed by atoms with Crippen LogP contribution in [0.15, 0.2) is 42.5 Å². The van der Waals surface area contributed by atoms with Gasteiger partial charge >= 0.3 is 6.18 Å². The van der Waals surface area contributed by atoms with Crippen molar-refractivity contribution in [1.29, 1.82) is 0 Å². The van der Waals surface area contributed by atoms with Gasteiger partial charge in [0.05, 0.1) is 5.56 Å². The number of hydrogen-bond donors (Lipinski definition) is 2. The summed E-state index contributed by atoms with van der Waals surface area (Å²) in [6.45, 7) is 0.589. The van der Waals surface area contributed by atoms with E-state index >= 15 is 0 Å². The van der Waals surface area contributed by atoms with Crippen LogP contribution in [-0.4, -0.2) is 14.1 Å². The van der Waals surface area contributed by atoms with Gasteiger partial charge in [0.15, 0.2) is 0 Å². The second-order valence-corrected chi connectivity index (χ2v) is 4.73. The quantitative estimate of drug-likeness (QED) is 0.866. The van der Waals surface area contributed by atoms with Crippen molar-refractivity contribution in [2.24, 2.45) is 0 Å². The molecule has 6 heteroatoms. The largest absolute Gasteiger partial charge is 0.457 e. The predicted molar refractivity (Wildman–Crippen MR) is 80.3 cm³/mol. The summed E-state index contributed by atoms with van der Waals surface area (Å²) in [5.74, 6) is 0.968. The molecule has 0 unspecified atom stereocenters. The van der Waals surface area contributed by atoms with Gasteiger partial charge in [-0.15, -0.1) is 0 Å². The van der Waals surface area contributed by atoms with Crippen LogP contribution in [0.4, 0.5) is 18.9 Å². The lowest BCUT2D eigenvalue weighted by Gasteiger charge is -2.13. The minimum absolute atomic E-state index is 0.363. The molecule has 2 rings (SSSR count). The molecule has 0 aliphatic rings. The van der Waals surface area contributed by atoms with Gasteiger partial charge in [-0.25, -0.2) is 0 Å². The van der Waals surface area contributed by atoms with Crippen LogP contribution in [0, 0.1) is 0 Å².